The molecule has 0 aromatic carbocycles. The van der Waals surface area contributed by atoms with Gasteiger partial charge in [-0.15, -0.1) is 0 Å². The minimum absolute atomic E-state index is 0.300. The fourth-order valence-electron chi connectivity index (χ4n) is 2.04. The van der Waals surface area contributed by atoms with Gasteiger partial charge in [0.15, 0.2) is 0 Å². The van der Waals surface area contributed by atoms with Crippen LogP contribution in [0.4, 0.5) is 0 Å². The summed E-state index contributed by atoms with van der Waals surface area (Å²) in [5.74, 6) is 0. The summed E-state index contributed by atoms with van der Waals surface area (Å²) >= 11 is 2.33. The van der Waals surface area contributed by atoms with Gasteiger partial charge in [-0.25, -0.2) is 4.45 Å². The molecule has 0 aliphatic carbocycles. The van der Waals surface area contributed by atoms with E-state index in [1.807, 2.05) is 11.4 Å². The smallest absolute Gasteiger partial charge is 0.399 e. The normalized spacial score (nSPS) is 22.3. The van der Waals surface area contributed by atoms with Crippen LogP contribution in [0.3, 0.4) is 0 Å². The topological polar surface area (TPSA) is 36.3 Å². The monoisotopic (exact) mass is 380 g/mol. The first-order chi connectivity index (χ1) is 8.19. The van der Waals surface area contributed by atoms with Crippen molar-refractivity contribution in [1.82, 2.24) is 9.55 Å². The summed E-state index contributed by atoms with van der Waals surface area (Å²) in [6.45, 7) is 12.4. The second-order valence-corrected chi connectivity index (χ2v) is 7.71. The van der Waals surface area contributed by atoms with Gasteiger partial charge in [0.2, 0.25) is 0 Å². The van der Waals surface area contributed by atoms with Crippen LogP contribution < -0.4 is 5.46 Å². The van der Waals surface area contributed by atoms with Gasteiger partial charge in [0, 0.05) is 11.2 Å². The molecule has 0 bridgehead atoms. The van der Waals surface area contributed by atoms with Gasteiger partial charge in [-0.2, -0.15) is 5.10 Å². The van der Waals surface area contributed by atoms with Crippen molar-refractivity contribution in [3.63, 3.8) is 0 Å². The molecule has 100 valence electrons. The van der Waals surface area contributed by atoms with Crippen LogP contribution in [0, 0.1) is 13.8 Å². The van der Waals surface area contributed by atoms with Crippen LogP contribution in [-0.2, 0) is 9.31 Å². The number of hydrogen-bond acceptors (Lipinski definition) is 3. The molecule has 2 rings (SSSR count). The van der Waals surface area contributed by atoms with Crippen LogP contribution in [0.15, 0.2) is 0 Å². The molecule has 7 heteroatoms. The van der Waals surface area contributed by atoms with Crippen LogP contribution >= 0.6 is 28.4 Å². The third-order valence-corrected chi connectivity index (χ3v) is 5.88. The lowest BCUT2D eigenvalue weighted by atomic mass is 9.77. The van der Waals surface area contributed by atoms with E-state index in [9.17, 15) is 0 Å². The van der Waals surface area contributed by atoms with Gasteiger partial charge in [-0.1, -0.05) is 0 Å². The Bertz CT molecular complexity index is 460. The average molecular weight is 380 g/mol. The summed E-state index contributed by atoms with van der Waals surface area (Å²) < 4.78 is 14.2. The number of halogens is 1. The number of aromatic nitrogens is 2. The van der Waals surface area contributed by atoms with E-state index in [2.05, 4.69) is 61.8 Å². The molecule has 2 heterocycles. The Labute approximate surface area is 124 Å². The Morgan fingerprint density at radius 3 is 2.06 bits per heavy atom. The zero-order valence-electron chi connectivity index (χ0n) is 11.7. The number of rotatable bonds is 2. The molecule has 0 amide bonds. The molecule has 1 aliphatic heterocycles. The van der Waals surface area contributed by atoms with E-state index in [4.69, 9.17) is 9.31 Å². The maximum absolute atomic E-state index is 6.09. The zero-order valence-corrected chi connectivity index (χ0v) is 14.8. The highest BCUT2D eigenvalue weighted by atomic mass is 127. The second-order valence-electron chi connectivity index (χ2n) is 5.67. The number of nitrogens with zero attached hydrogens (tertiary/aromatic N) is 2. The Morgan fingerprint density at radius 1 is 1.17 bits per heavy atom. The molecular formula is C11H19BIN2O2P. The molecule has 0 saturated carbocycles. The predicted molar refractivity (Wildman–Crippen MR) is 85.2 cm³/mol. The molecule has 18 heavy (non-hydrogen) atoms. The molecule has 1 aromatic heterocycles. The van der Waals surface area contributed by atoms with Crippen molar-refractivity contribution in [2.45, 2.75) is 52.7 Å². The van der Waals surface area contributed by atoms with E-state index < -0.39 is 0 Å². The predicted octanol–water partition coefficient (Wildman–Crippen LogP) is 2.59. The van der Waals surface area contributed by atoms with E-state index in [-0.39, 0.29) is 18.3 Å². The molecule has 1 aromatic rings. The highest BCUT2D eigenvalue weighted by Gasteiger charge is 2.53. The van der Waals surface area contributed by atoms with E-state index in [0.29, 0.717) is 6.37 Å². The highest BCUT2D eigenvalue weighted by molar-refractivity contribution is 14.2. The van der Waals surface area contributed by atoms with Crippen molar-refractivity contribution in [3.05, 3.63) is 11.4 Å². The molecular weight excluding hydrogens is 361 g/mol. The maximum atomic E-state index is 6.09. The average Bonchev–Trinajstić information content (AvgIpc) is 2.61. The van der Waals surface area contributed by atoms with Crippen molar-refractivity contribution in [1.29, 1.82) is 0 Å². The summed E-state index contributed by atoms with van der Waals surface area (Å²) in [6.07, 6.45) is 0.599. The van der Waals surface area contributed by atoms with Gasteiger partial charge in [-0.05, 0) is 63.6 Å². The van der Waals surface area contributed by atoms with E-state index >= 15 is 0 Å². The van der Waals surface area contributed by atoms with Crippen LogP contribution in [-0.4, -0.2) is 27.9 Å². The van der Waals surface area contributed by atoms with Crippen LogP contribution in [0.5, 0.6) is 0 Å². The largest absolute Gasteiger partial charge is 0.498 e. The van der Waals surface area contributed by atoms with E-state index in [1.165, 1.54) is 0 Å². The van der Waals surface area contributed by atoms with Crippen molar-refractivity contribution in [2.75, 3.05) is 0 Å². The Morgan fingerprint density at radius 2 is 1.67 bits per heavy atom. The van der Waals surface area contributed by atoms with Gasteiger partial charge in [0.1, 0.15) is 0 Å². The zero-order chi connectivity index (χ0) is 13.7. The van der Waals surface area contributed by atoms with Gasteiger partial charge in [0.05, 0.1) is 23.3 Å². The summed E-state index contributed by atoms with van der Waals surface area (Å²) in [4.78, 5) is 0. The van der Waals surface area contributed by atoms with Crippen molar-refractivity contribution in [3.8, 4) is 0 Å². The summed E-state index contributed by atoms with van der Waals surface area (Å²) in [6, 6.07) is 0. The second kappa shape index (κ2) is 4.72. The maximum Gasteiger partial charge on any atom is 0.498 e. The van der Waals surface area contributed by atoms with E-state index in [0.717, 1.165) is 16.9 Å². The van der Waals surface area contributed by atoms with E-state index in [1.54, 1.807) is 0 Å². The standard InChI is InChI=1S/C11H19BIN2O2P/c1-7-9(8(2)15(14-7)18-13)12-16-10(3,4)11(5,6)17-12/h18H,1-6H3. The first-order valence-electron chi connectivity index (χ1n) is 5.98. The quantitative estimate of drug-likeness (QED) is 0.450. The van der Waals surface area contributed by atoms with Gasteiger partial charge < -0.3 is 9.31 Å². The first-order valence-corrected chi connectivity index (χ1v) is 10.0. The fraction of sp³-hybridized carbons (Fsp3) is 0.727. The summed E-state index contributed by atoms with van der Waals surface area (Å²) in [5.41, 5.74) is 2.61. The molecule has 1 fully saturated rings. The van der Waals surface area contributed by atoms with Crippen LogP contribution in [0.1, 0.15) is 39.1 Å². The lowest BCUT2D eigenvalue weighted by molar-refractivity contribution is 0.00578. The molecule has 1 aliphatic rings. The molecule has 1 atom stereocenters. The molecule has 0 N–H and O–H groups in total. The fourth-order valence-corrected chi connectivity index (χ4v) is 3.88. The molecule has 1 saturated heterocycles. The van der Waals surface area contributed by atoms with Crippen LogP contribution in [0.25, 0.3) is 0 Å². The lowest BCUT2D eigenvalue weighted by Crippen LogP contribution is -2.41. The third kappa shape index (κ3) is 2.25. The molecule has 4 nitrogen and oxygen atoms in total. The van der Waals surface area contributed by atoms with Gasteiger partial charge in [-0.3, -0.25) is 0 Å². The van der Waals surface area contributed by atoms with Crippen molar-refractivity contribution >= 4 is 41.0 Å². The molecule has 1 unspecified atom stereocenters. The first kappa shape index (κ1) is 14.8. The number of aryl methyl sites for hydroxylation is 1. The minimum atomic E-state index is -0.309. The Balaban J connectivity index is 2.38. The molecule has 0 spiro atoms. The van der Waals surface area contributed by atoms with Crippen LogP contribution in [0.2, 0.25) is 0 Å². The van der Waals surface area contributed by atoms with Gasteiger partial charge in [0.25, 0.3) is 0 Å². The summed E-state index contributed by atoms with van der Waals surface area (Å²) in [5, 5.41) is 4.53. The van der Waals surface area contributed by atoms with Crippen molar-refractivity contribution < 1.29 is 9.31 Å². The summed E-state index contributed by atoms with van der Waals surface area (Å²) in [7, 11) is -0.309. The van der Waals surface area contributed by atoms with Gasteiger partial charge >= 0.3 is 7.12 Å². The minimum Gasteiger partial charge on any atom is -0.399 e. The SMILES string of the molecule is Cc1nn(PI)c(C)c1B1OC(C)(C)C(C)(C)O1. The Kier molecular flexibility index (Phi) is 3.87. The Hall–Kier alpha value is 0.355. The van der Waals surface area contributed by atoms with Crippen molar-refractivity contribution in [2.24, 2.45) is 0 Å². The number of hydrogen-bond donors (Lipinski definition) is 0. The lowest BCUT2D eigenvalue weighted by Gasteiger charge is -2.32. The molecule has 0 radical (unpaired) electrons. The highest BCUT2D eigenvalue weighted by Crippen LogP contribution is 2.37. The third-order valence-electron chi connectivity index (χ3n) is 3.92.